The second-order valence-corrected chi connectivity index (χ2v) is 4.53. The number of rotatable bonds is 6. The van der Waals surface area contributed by atoms with E-state index < -0.39 is 0 Å². The molecular formula is C14H22N2O. The van der Waals surface area contributed by atoms with Gasteiger partial charge in [0.2, 0.25) is 5.91 Å². The summed E-state index contributed by atoms with van der Waals surface area (Å²) < 4.78 is 0. The molecule has 0 aliphatic rings. The molecule has 0 radical (unpaired) electrons. The zero-order valence-corrected chi connectivity index (χ0v) is 10.7. The maximum Gasteiger partial charge on any atom is 0.220 e. The molecule has 1 aromatic rings. The molecule has 1 rings (SSSR count). The minimum atomic E-state index is 0.103. The Balaban J connectivity index is 2.30. The van der Waals surface area contributed by atoms with Crippen molar-refractivity contribution < 1.29 is 4.79 Å². The second kappa shape index (κ2) is 7.07. The van der Waals surface area contributed by atoms with Crippen molar-refractivity contribution in [1.29, 1.82) is 0 Å². The van der Waals surface area contributed by atoms with E-state index in [1.807, 2.05) is 6.92 Å². The third-order valence-corrected chi connectivity index (χ3v) is 2.77. The lowest BCUT2D eigenvalue weighted by Gasteiger charge is -2.12. The fourth-order valence-electron chi connectivity index (χ4n) is 1.68. The lowest BCUT2D eigenvalue weighted by molar-refractivity contribution is -0.121. The van der Waals surface area contributed by atoms with E-state index in [1.54, 1.807) is 0 Å². The summed E-state index contributed by atoms with van der Waals surface area (Å²) in [5.41, 5.74) is 7.88. The highest BCUT2D eigenvalue weighted by Gasteiger charge is 2.06. The fourth-order valence-corrected chi connectivity index (χ4v) is 1.68. The molecule has 0 aliphatic carbocycles. The van der Waals surface area contributed by atoms with Gasteiger partial charge < -0.3 is 11.1 Å². The van der Waals surface area contributed by atoms with Crippen LogP contribution in [0.2, 0.25) is 0 Å². The van der Waals surface area contributed by atoms with Crippen LogP contribution in [0, 0.1) is 6.92 Å². The SMILES string of the molecule is Cc1ccc(CCC(=O)NC(C)CCN)cc1. The third-order valence-electron chi connectivity index (χ3n) is 2.77. The summed E-state index contributed by atoms with van der Waals surface area (Å²) in [6, 6.07) is 8.47. The normalized spacial score (nSPS) is 12.2. The minimum Gasteiger partial charge on any atom is -0.354 e. The topological polar surface area (TPSA) is 55.1 Å². The van der Waals surface area contributed by atoms with Gasteiger partial charge in [-0.15, -0.1) is 0 Å². The number of hydrogen-bond donors (Lipinski definition) is 2. The van der Waals surface area contributed by atoms with Crippen molar-refractivity contribution in [3.8, 4) is 0 Å². The van der Waals surface area contributed by atoms with Crippen LogP contribution in [-0.4, -0.2) is 18.5 Å². The van der Waals surface area contributed by atoms with E-state index in [1.165, 1.54) is 11.1 Å². The van der Waals surface area contributed by atoms with Crippen LogP contribution < -0.4 is 11.1 Å². The maximum atomic E-state index is 11.6. The summed E-state index contributed by atoms with van der Waals surface area (Å²) in [5, 5.41) is 2.94. The molecule has 1 atom stereocenters. The Hall–Kier alpha value is -1.35. The summed E-state index contributed by atoms with van der Waals surface area (Å²) in [5.74, 6) is 0.103. The molecular weight excluding hydrogens is 212 g/mol. The highest BCUT2D eigenvalue weighted by molar-refractivity contribution is 5.76. The van der Waals surface area contributed by atoms with Crippen molar-refractivity contribution in [2.75, 3.05) is 6.54 Å². The number of hydrogen-bond acceptors (Lipinski definition) is 2. The zero-order chi connectivity index (χ0) is 12.7. The van der Waals surface area contributed by atoms with Gasteiger partial charge in [-0.3, -0.25) is 4.79 Å². The lowest BCUT2D eigenvalue weighted by Crippen LogP contribution is -2.34. The van der Waals surface area contributed by atoms with Crippen LogP contribution >= 0.6 is 0 Å². The van der Waals surface area contributed by atoms with E-state index in [-0.39, 0.29) is 11.9 Å². The molecule has 0 saturated carbocycles. The molecule has 94 valence electrons. The fraction of sp³-hybridized carbons (Fsp3) is 0.500. The first-order valence-corrected chi connectivity index (χ1v) is 6.17. The maximum absolute atomic E-state index is 11.6. The van der Waals surface area contributed by atoms with Crippen molar-refractivity contribution >= 4 is 5.91 Å². The predicted octanol–water partition coefficient (Wildman–Crippen LogP) is 1.78. The number of carbonyl (C=O) groups is 1. The monoisotopic (exact) mass is 234 g/mol. The van der Waals surface area contributed by atoms with Gasteiger partial charge in [0.15, 0.2) is 0 Å². The van der Waals surface area contributed by atoms with Gasteiger partial charge in [0.05, 0.1) is 0 Å². The lowest BCUT2D eigenvalue weighted by atomic mass is 10.1. The Morgan fingerprint density at radius 3 is 2.59 bits per heavy atom. The zero-order valence-electron chi connectivity index (χ0n) is 10.7. The standard InChI is InChI=1S/C14H22N2O/c1-11-3-5-13(6-4-11)7-8-14(17)16-12(2)9-10-15/h3-6,12H,7-10,15H2,1-2H3,(H,16,17). The number of benzene rings is 1. The van der Waals surface area contributed by atoms with Crippen LogP contribution in [0.1, 0.15) is 30.9 Å². The molecule has 3 nitrogen and oxygen atoms in total. The van der Waals surface area contributed by atoms with Crippen molar-refractivity contribution in [2.45, 2.75) is 39.2 Å². The van der Waals surface area contributed by atoms with E-state index in [9.17, 15) is 4.79 Å². The van der Waals surface area contributed by atoms with Crippen LogP contribution in [0.4, 0.5) is 0 Å². The summed E-state index contributed by atoms with van der Waals surface area (Å²) in [4.78, 5) is 11.6. The molecule has 0 fully saturated rings. The Bertz CT molecular complexity index is 346. The number of carbonyl (C=O) groups excluding carboxylic acids is 1. The molecule has 1 amide bonds. The second-order valence-electron chi connectivity index (χ2n) is 4.53. The van der Waals surface area contributed by atoms with E-state index in [4.69, 9.17) is 5.73 Å². The molecule has 0 heterocycles. The molecule has 0 spiro atoms. The van der Waals surface area contributed by atoms with Crippen molar-refractivity contribution in [2.24, 2.45) is 5.73 Å². The predicted molar refractivity (Wildman–Crippen MR) is 70.8 cm³/mol. The quantitative estimate of drug-likeness (QED) is 0.788. The number of nitrogens with two attached hydrogens (primary N) is 1. The minimum absolute atomic E-state index is 0.103. The Morgan fingerprint density at radius 1 is 1.35 bits per heavy atom. The molecule has 0 aromatic heterocycles. The summed E-state index contributed by atoms with van der Waals surface area (Å²) in [6.45, 7) is 4.65. The Morgan fingerprint density at radius 2 is 2.00 bits per heavy atom. The molecule has 17 heavy (non-hydrogen) atoms. The van der Waals surface area contributed by atoms with Crippen LogP contribution in [0.3, 0.4) is 0 Å². The van der Waals surface area contributed by atoms with Crippen LogP contribution in [0.5, 0.6) is 0 Å². The molecule has 3 heteroatoms. The van der Waals surface area contributed by atoms with Crippen LogP contribution in [0.15, 0.2) is 24.3 Å². The van der Waals surface area contributed by atoms with E-state index >= 15 is 0 Å². The summed E-state index contributed by atoms with van der Waals surface area (Å²) in [7, 11) is 0. The molecule has 1 unspecified atom stereocenters. The molecule has 3 N–H and O–H groups in total. The summed E-state index contributed by atoms with van der Waals surface area (Å²) in [6.07, 6.45) is 2.16. The third kappa shape index (κ3) is 5.50. The average molecular weight is 234 g/mol. The van der Waals surface area contributed by atoms with Gasteiger partial charge in [-0.25, -0.2) is 0 Å². The van der Waals surface area contributed by atoms with Gasteiger partial charge in [-0.1, -0.05) is 29.8 Å². The molecule has 1 aromatic carbocycles. The van der Waals surface area contributed by atoms with E-state index in [0.717, 1.165) is 12.8 Å². The first-order chi connectivity index (χ1) is 8.11. The first kappa shape index (κ1) is 13.7. The van der Waals surface area contributed by atoms with Gasteiger partial charge in [0, 0.05) is 12.5 Å². The van der Waals surface area contributed by atoms with Crippen molar-refractivity contribution in [3.05, 3.63) is 35.4 Å². The van der Waals surface area contributed by atoms with Gasteiger partial charge >= 0.3 is 0 Å². The molecule has 0 aliphatic heterocycles. The van der Waals surface area contributed by atoms with Gasteiger partial charge in [0.25, 0.3) is 0 Å². The molecule has 0 bridgehead atoms. The highest BCUT2D eigenvalue weighted by Crippen LogP contribution is 2.05. The Kier molecular flexibility index (Phi) is 5.70. The van der Waals surface area contributed by atoms with Crippen molar-refractivity contribution in [3.63, 3.8) is 0 Å². The van der Waals surface area contributed by atoms with Crippen LogP contribution in [0.25, 0.3) is 0 Å². The van der Waals surface area contributed by atoms with E-state index in [2.05, 4.69) is 36.5 Å². The Labute approximate surface area is 103 Å². The largest absolute Gasteiger partial charge is 0.354 e. The molecule has 0 saturated heterocycles. The smallest absolute Gasteiger partial charge is 0.220 e. The number of amides is 1. The van der Waals surface area contributed by atoms with Crippen LogP contribution in [-0.2, 0) is 11.2 Å². The van der Waals surface area contributed by atoms with Gasteiger partial charge in [-0.2, -0.15) is 0 Å². The summed E-state index contributed by atoms with van der Waals surface area (Å²) >= 11 is 0. The number of nitrogens with one attached hydrogen (secondary N) is 1. The average Bonchev–Trinajstić information content (AvgIpc) is 2.28. The van der Waals surface area contributed by atoms with Gasteiger partial charge in [0.1, 0.15) is 0 Å². The highest BCUT2D eigenvalue weighted by atomic mass is 16.1. The van der Waals surface area contributed by atoms with Gasteiger partial charge in [-0.05, 0) is 38.8 Å². The van der Waals surface area contributed by atoms with E-state index in [0.29, 0.717) is 13.0 Å². The first-order valence-electron chi connectivity index (χ1n) is 6.17. The van der Waals surface area contributed by atoms with Crippen molar-refractivity contribution in [1.82, 2.24) is 5.32 Å². The number of aryl methyl sites for hydroxylation is 2.